The van der Waals surface area contributed by atoms with Crippen molar-refractivity contribution in [1.82, 2.24) is 4.90 Å². The number of rotatable bonds is 4. The Hall–Kier alpha value is -0.860. The summed E-state index contributed by atoms with van der Waals surface area (Å²) in [5, 5.41) is 0. The zero-order chi connectivity index (χ0) is 9.52. The van der Waals surface area contributed by atoms with Gasteiger partial charge in [0.15, 0.2) is 0 Å². The van der Waals surface area contributed by atoms with E-state index in [0.29, 0.717) is 19.3 Å². The van der Waals surface area contributed by atoms with Crippen molar-refractivity contribution < 1.29 is 9.59 Å². The van der Waals surface area contributed by atoms with Crippen molar-refractivity contribution in [3.63, 3.8) is 0 Å². The molecule has 0 aliphatic carbocycles. The van der Waals surface area contributed by atoms with Gasteiger partial charge in [-0.05, 0) is 25.7 Å². The number of carbonyl (C=O) groups excluding carboxylic acids is 2. The number of hydrogen-bond donors (Lipinski definition) is 0. The monoisotopic (exact) mass is 183 g/mol. The first kappa shape index (κ1) is 10.2. The lowest BCUT2D eigenvalue weighted by Gasteiger charge is -2.26. The molecule has 1 heterocycles. The molecule has 0 unspecified atom stereocenters. The van der Waals surface area contributed by atoms with Gasteiger partial charge < -0.3 is 9.69 Å². The summed E-state index contributed by atoms with van der Waals surface area (Å²) in [5.74, 6) is 0.224. The average Bonchev–Trinajstić information content (AvgIpc) is 2.19. The van der Waals surface area contributed by atoms with Crippen molar-refractivity contribution in [2.24, 2.45) is 0 Å². The summed E-state index contributed by atoms with van der Waals surface area (Å²) in [6.07, 6.45) is 6.16. The molecule has 74 valence electrons. The second-order valence-electron chi connectivity index (χ2n) is 3.50. The van der Waals surface area contributed by atoms with E-state index < -0.39 is 0 Å². The number of piperidine rings is 1. The van der Waals surface area contributed by atoms with Crippen molar-refractivity contribution in [3.8, 4) is 0 Å². The van der Waals surface area contributed by atoms with Crippen molar-refractivity contribution >= 4 is 12.2 Å². The first-order valence-corrected chi connectivity index (χ1v) is 5.06. The molecule has 1 rings (SSSR count). The molecule has 0 saturated carbocycles. The van der Waals surface area contributed by atoms with E-state index in [1.54, 1.807) is 0 Å². The van der Waals surface area contributed by atoms with Crippen LogP contribution in [0.3, 0.4) is 0 Å². The van der Waals surface area contributed by atoms with Crippen LogP contribution in [-0.2, 0) is 9.59 Å². The van der Waals surface area contributed by atoms with Crippen LogP contribution in [0.4, 0.5) is 0 Å². The third kappa shape index (κ3) is 3.57. The maximum Gasteiger partial charge on any atom is 0.222 e. The van der Waals surface area contributed by atoms with E-state index in [1.807, 2.05) is 4.90 Å². The fraction of sp³-hybridized carbons (Fsp3) is 0.800. The number of unbranched alkanes of at least 4 members (excludes halogenated alkanes) is 1. The fourth-order valence-corrected chi connectivity index (χ4v) is 1.64. The molecule has 1 saturated heterocycles. The van der Waals surface area contributed by atoms with E-state index in [9.17, 15) is 9.59 Å². The van der Waals surface area contributed by atoms with E-state index in [0.717, 1.165) is 32.2 Å². The van der Waals surface area contributed by atoms with Crippen LogP contribution in [0.25, 0.3) is 0 Å². The van der Waals surface area contributed by atoms with Crippen LogP contribution >= 0.6 is 0 Å². The van der Waals surface area contributed by atoms with Crippen molar-refractivity contribution in [3.05, 3.63) is 0 Å². The van der Waals surface area contributed by atoms with Gasteiger partial charge >= 0.3 is 0 Å². The normalized spacial score (nSPS) is 17.1. The quantitative estimate of drug-likeness (QED) is 0.487. The summed E-state index contributed by atoms with van der Waals surface area (Å²) in [7, 11) is 0. The first-order chi connectivity index (χ1) is 6.34. The highest BCUT2D eigenvalue weighted by atomic mass is 16.2. The second-order valence-corrected chi connectivity index (χ2v) is 3.50. The highest BCUT2D eigenvalue weighted by Crippen LogP contribution is 2.10. The van der Waals surface area contributed by atoms with Crippen LogP contribution in [0.15, 0.2) is 0 Å². The molecule has 0 radical (unpaired) electrons. The lowest BCUT2D eigenvalue weighted by molar-refractivity contribution is -0.132. The molecule has 1 fully saturated rings. The topological polar surface area (TPSA) is 37.4 Å². The van der Waals surface area contributed by atoms with Crippen LogP contribution in [0, 0.1) is 0 Å². The molecule has 0 spiro atoms. The summed E-state index contributed by atoms with van der Waals surface area (Å²) in [6.45, 7) is 1.83. The smallest absolute Gasteiger partial charge is 0.222 e. The van der Waals surface area contributed by atoms with Gasteiger partial charge in [-0.25, -0.2) is 0 Å². The first-order valence-electron chi connectivity index (χ1n) is 5.06. The number of nitrogens with zero attached hydrogens (tertiary/aromatic N) is 1. The molecule has 1 aliphatic rings. The molecule has 0 N–H and O–H groups in total. The average molecular weight is 183 g/mol. The molecule has 0 bridgehead atoms. The van der Waals surface area contributed by atoms with Gasteiger partial charge in [-0.15, -0.1) is 0 Å². The Morgan fingerprint density at radius 3 is 2.54 bits per heavy atom. The molecule has 1 aliphatic heterocycles. The number of hydrogen-bond acceptors (Lipinski definition) is 2. The maximum absolute atomic E-state index is 11.5. The minimum atomic E-state index is 0.224. The largest absolute Gasteiger partial charge is 0.343 e. The molecule has 13 heavy (non-hydrogen) atoms. The Bertz CT molecular complexity index is 174. The summed E-state index contributed by atoms with van der Waals surface area (Å²) in [6, 6.07) is 0. The Balaban J connectivity index is 2.17. The third-order valence-electron chi connectivity index (χ3n) is 2.42. The van der Waals surface area contributed by atoms with E-state index >= 15 is 0 Å². The maximum atomic E-state index is 11.5. The van der Waals surface area contributed by atoms with E-state index in [4.69, 9.17) is 0 Å². The molecule has 0 aromatic heterocycles. The summed E-state index contributed by atoms with van der Waals surface area (Å²) in [5.41, 5.74) is 0. The summed E-state index contributed by atoms with van der Waals surface area (Å²) < 4.78 is 0. The Morgan fingerprint density at radius 2 is 1.92 bits per heavy atom. The summed E-state index contributed by atoms with van der Waals surface area (Å²) >= 11 is 0. The lowest BCUT2D eigenvalue weighted by Crippen LogP contribution is -2.35. The van der Waals surface area contributed by atoms with Gasteiger partial charge in [-0.2, -0.15) is 0 Å². The molecule has 1 amide bonds. The van der Waals surface area contributed by atoms with Crippen molar-refractivity contribution in [2.45, 2.75) is 38.5 Å². The summed E-state index contributed by atoms with van der Waals surface area (Å²) in [4.78, 5) is 23.4. The van der Waals surface area contributed by atoms with E-state index in [2.05, 4.69) is 0 Å². The SMILES string of the molecule is O=CCCCC(=O)N1CCCCC1. The number of aldehydes is 1. The molecule has 0 aromatic rings. The number of carbonyl (C=O) groups is 2. The van der Waals surface area contributed by atoms with Crippen molar-refractivity contribution in [2.75, 3.05) is 13.1 Å². The van der Waals surface area contributed by atoms with Gasteiger partial charge in [-0.3, -0.25) is 4.79 Å². The molecule has 0 atom stereocenters. The Morgan fingerprint density at radius 1 is 1.23 bits per heavy atom. The van der Waals surface area contributed by atoms with Gasteiger partial charge in [0.1, 0.15) is 6.29 Å². The molecule has 0 aromatic carbocycles. The van der Waals surface area contributed by atoms with Crippen LogP contribution in [-0.4, -0.2) is 30.2 Å². The van der Waals surface area contributed by atoms with Gasteiger partial charge in [0.05, 0.1) is 0 Å². The molecular weight excluding hydrogens is 166 g/mol. The zero-order valence-corrected chi connectivity index (χ0v) is 8.00. The molecular formula is C10H17NO2. The standard InChI is InChI=1S/C10H17NO2/c12-9-5-2-6-10(13)11-7-3-1-4-8-11/h9H,1-8H2. The highest BCUT2D eigenvalue weighted by molar-refractivity contribution is 5.76. The van der Waals surface area contributed by atoms with Crippen LogP contribution in [0.5, 0.6) is 0 Å². The number of likely N-dealkylation sites (tertiary alicyclic amines) is 1. The van der Waals surface area contributed by atoms with Gasteiger partial charge in [0, 0.05) is 25.9 Å². The van der Waals surface area contributed by atoms with E-state index in [1.165, 1.54) is 6.42 Å². The van der Waals surface area contributed by atoms with Crippen LogP contribution < -0.4 is 0 Å². The number of amides is 1. The zero-order valence-electron chi connectivity index (χ0n) is 8.00. The van der Waals surface area contributed by atoms with Crippen molar-refractivity contribution in [1.29, 1.82) is 0 Å². The van der Waals surface area contributed by atoms with Gasteiger partial charge in [0.2, 0.25) is 5.91 Å². The van der Waals surface area contributed by atoms with Gasteiger partial charge in [0.25, 0.3) is 0 Å². The lowest BCUT2D eigenvalue weighted by atomic mass is 10.1. The molecule has 3 heteroatoms. The highest BCUT2D eigenvalue weighted by Gasteiger charge is 2.15. The van der Waals surface area contributed by atoms with Crippen LogP contribution in [0.2, 0.25) is 0 Å². The predicted molar refractivity (Wildman–Crippen MR) is 50.3 cm³/mol. The second kappa shape index (κ2) is 5.73. The predicted octanol–water partition coefficient (Wildman–Crippen LogP) is 1.37. The minimum Gasteiger partial charge on any atom is -0.343 e. The fourth-order valence-electron chi connectivity index (χ4n) is 1.64. The van der Waals surface area contributed by atoms with E-state index in [-0.39, 0.29) is 5.91 Å². The Labute approximate surface area is 79.1 Å². The molecule has 3 nitrogen and oxygen atoms in total. The Kier molecular flexibility index (Phi) is 4.50. The minimum absolute atomic E-state index is 0.224. The van der Waals surface area contributed by atoms with Gasteiger partial charge in [-0.1, -0.05) is 0 Å². The van der Waals surface area contributed by atoms with Crippen LogP contribution in [0.1, 0.15) is 38.5 Å². The third-order valence-corrected chi connectivity index (χ3v) is 2.42.